The van der Waals surface area contributed by atoms with Crippen molar-refractivity contribution in [1.29, 1.82) is 0 Å². The zero-order valence-corrected chi connectivity index (χ0v) is 20.6. The van der Waals surface area contributed by atoms with Gasteiger partial charge in [0.15, 0.2) is 23.0 Å². The number of halogens is 2. The lowest BCUT2D eigenvalue weighted by Gasteiger charge is -2.12. The second kappa shape index (κ2) is 11.7. The van der Waals surface area contributed by atoms with E-state index in [1.54, 1.807) is 54.6 Å². The highest BCUT2D eigenvalue weighted by molar-refractivity contribution is 6.35. The van der Waals surface area contributed by atoms with E-state index in [9.17, 15) is 9.59 Å². The molecular weight excluding hydrogens is 509 g/mol. The summed E-state index contributed by atoms with van der Waals surface area (Å²) in [5, 5.41) is 7.50. The number of nitrogens with zero attached hydrogens (tertiary/aromatic N) is 1. The molecule has 2 N–H and O–H groups in total. The quantitative estimate of drug-likeness (QED) is 0.318. The lowest BCUT2D eigenvalue weighted by atomic mass is 10.2. The van der Waals surface area contributed by atoms with Gasteiger partial charge in [0, 0.05) is 21.2 Å². The predicted octanol–water partition coefficient (Wildman–Crippen LogP) is 4.19. The summed E-state index contributed by atoms with van der Waals surface area (Å²) in [6.45, 7) is 0.0858. The first kappa shape index (κ1) is 25.2. The second-order valence-electron chi connectivity index (χ2n) is 7.48. The average Bonchev–Trinajstić information content (AvgIpc) is 3.35. The number of rotatable bonds is 9. The Morgan fingerprint density at radius 3 is 2.67 bits per heavy atom. The van der Waals surface area contributed by atoms with Gasteiger partial charge >= 0.3 is 0 Å². The summed E-state index contributed by atoms with van der Waals surface area (Å²) in [5.74, 6) is 1.13. The number of carbonyl (C=O) groups is 2. The van der Waals surface area contributed by atoms with E-state index in [-0.39, 0.29) is 19.9 Å². The van der Waals surface area contributed by atoms with Crippen LogP contribution in [0.2, 0.25) is 10.0 Å². The van der Waals surface area contributed by atoms with Crippen LogP contribution in [-0.4, -0.2) is 38.5 Å². The molecule has 0 radical (unpaired) electrons. The Bertz CT molecular complexity index is 1310. The van der Waals surface area contributed by atoms with Crippen LogP contribution in [0.5, 0.6) is 23.0 Å². The van der Waals surface area contributed by atoms with E-state index in [0.717, 1.165) is 5.56 Å². The van der Waals surface area contributed by atoms with Crippen LogP contribution in [0.15, 0.2) is 59.7 Å². The molecule has 0 fully saturated rings. The van der Waals surface area contributed by atoms with Gasteiger partial charge in [-0.2, -0.15) is 5.10 Å². The molecule has 4 rings (SSSR count). The number of fused-ring (bicyclic) bond motifs is 1. The van der Waals surface area contributed by atoms with Crippen molar-refractivity contribution in [3.05, 3.63) is 81.3 Å². The van der Waals surface area contributed by atoms with Crippen molar-refractivity contribution < 1.29 is 28.5 Å². The molecule has 0 atom stereocenters. The Kier molecular flexibility index (Phi) is 8.14. The molecule has 186 valence electrons. The van der Waals surface area contributed by atoms with Crippen LogP contribution in [0.4, 0.5) is 0 Å². The highest BCUT2D eigenvalue weighted by Gasteiger charge is 2.16. The third-order valence-corrected chi connectivity index (χ3v) is 5.62. The molecule has 3 aromatic rings. The van der Waals surface area contributed by atoms with Gasteiger partial charge in [-0.05, 0) is 54.1 Å². The normalized spacial score (nSPS) is 11.9. The molecule has 0 bridgehead atoms. The summed E-state index contributed by atoms with van der Waals surface area (Å²) in [5.41, 5.74) is 4.15. The molecule has 0 saturated heterocycles. The van der Waals surface area contributed by atoms with Gasteiger partial charge in [-0.3, -0.25) is 9.59 Å². The van der Waals surface area contributed by atoms with E-state index >= 15 is 0 Å². The number of hydrazone groups is 1. The van der Waals surface area contributed by atoms with E-state index in [4.69, 9.17) is 42.1 Å². The van der Waals surface area contributed by atoms with Crippen LogP contribution >= 0.6 is 23.2 Å². The van der Waals surface area contributed by atoms with Crippen molar-refractivity contribution in [2.24, 2.45) is 5.10 Å². The van der Waals surface area contributed by atoms with Crippen molar-refractivity contribution >= 4 is 41.2 Å². The Balaban J connectivity index is 1.27. The number of hydrogen-bond acceptors (Lipinski definition) is 7. The molecule has 0 unspecified atom stereocenters. The molecule has 1 aliphatic heterocycles. The summed E-state index contributed by atoms with van der Waals surface area (Å²) < 4.78 is 21.7. The number of amides is 2. The lowest BCUT2D eigenvalue weighted by molar-refractivity contribution is -0.120. The van der Waals surface area contributed by atoms with Crippen LogP contribution in [0.3, 0.4) is 0 Å². The first-order chi connectivity index (χ1) is 17.4. The zero-order chi connectivity index (χ0) is 25.5. The third kappa shape index (κ3) is 6.38. The fourth-order valence-corrected chi connectivity index (χ4v) is 3.66. The highest BCUT2D eigenvalue weighted by Crippen LogP contribution is 2.32. The Labute approximate surface area is 216 Å². The maximum absolute atomic E-state index is 12.3. The van der Waals surface area contributed by atoms with Gasteiger partial charge in [-0.25, -0.2) is 5.43 Å². The van der Waals surface area contributed by atoms with Crippen LogP contribution in [-0.2, 0) is 11.4 Å². The molecule has 3 aromatic carbocycles. The molecule has 2 amide bonds. The molecule has 0 spiro atoms. The van der Waals surface area contributed by atoms with Crippen LogP contribution in [0.25, 0.3) is 0 Å². The molecular formula is C25H21Cl2N3O6. The third-order valence-electron chi connectivity index (χ3n) is 5.03. The number of ether oxygens (including phenoxy) is 4. The number of methoxy groups -OCH3 is 1. The number of benzene rings is 3. The smallest absolute Gasteiger partial charge is 0.259 e. The van der Waals surface area contributed by atoms with Gasteiger partial charge in [0.2, 0.25) is 6.79 Å². The Morgan fingerprint density at radius 2 is 1.86 bits per heavy atom. The predicted molar refractivity (Wildman–Crippen MR) is 134 cm³/mol. The monoisotopic (exact) mass is 529 g/mol. The van der Waals surface area contributed by atoms with E-state index in [0.29, 0.717) is 44.2 Å². The van der Waals surface area contributed by atoms with Gasteiger partial charge in [-0.15, -0.1) is 0 Å². The first-order valence-electron chi connectivity index (χ1n) is 10.7. The minimum absolute atomic E-state index is 0.112. The summed E-state index contributed by atoms with van der Waals surface area (Å²) in [7, 11) is 1.52. The maximum atomic E-state index is 12.3. The maximum Gasteiger partial charge on any atom is 0.259 e. The van der Waals surface area contributed by atoms with Crippen molar-refractivity contribution in [1.82, 2.24) is 10.7 Å². The SMILES string of the molecule is COc1cc(C=NNC(=O)CNC(=O)c2ccc3c(c2)OCO3)ccc1OCc1ccc(Cl)cc1Cl. The largest absolute Gasteiger partial charge is 0.493 e. The molecule has 11 heteroatoms. The van der Waals surface area contributed by atoms with Crippen LogP contribution in [0, 0.1) is 0 Å². The Morgan fingerprint density at radius 1 is 1.03 bits per heavy atom. The standard InChI is InChI=1S/C25H21Cl2N3O6/c1-33-22-8-15(2-6-20(22)34-13-17-3-5-18(26)10-19(17)27)11-29-30-24(31)12-28-25(32)16-4-7-21-23(9-16)36-14-35-21/h2-11H,12-14H2,1H3,(H,28,32)(H,30,31). The summed E-state index contributed by atoms with van der Waals surface area (Å²) in [6.07, 6.45) is 1.44. The fraction of sp³-hybridized carbons (Fsp3) is 0.160. The molecule has 0 aliphatic carbocycles. The Hall–Kier alpha value is -3.95. The van der Waals surface area contributed by atoms with Crippen molar-refractivity contribution in [2.75, 3.05) is 20.4 Å². The van der Waals surface area contributed by atoms with Gasteiger partial charge in [0.1, 0.15) is 6.61 Å². The molecule has 0 aromatic heterocycles. The average molecular weight is 530 g/mol. The van der Waals surface area contributed by atoms with Gasteiger partial charge in [0.05, 0.1) is 19.9 Å². The molecule has 9 nitrogen and oxygen atoms in total. The van der Waals surface area contributed by atoms with E-state index in [1.165, 1.54) is 13.3 Å². The van der Waals surface area contributed by atoms with Crippen LogP contribution in [0.1, 0.15) is 21.5 Å². The lowest BCUT2D eigenvalue weighted by Crippen LogP contribution is -2.34. The molecule has 0 saturated carbocycles. The number of nitrogens with one attached hydrogen (secondary N) is 2. The first-order valence-corrected chi connectivity index (χ1v) is 11.4. The minimum Gasteiger partial charge on any atom is -0.493 e. The van der Waals surface area contributed by atoms with Gasteiger partial charge in [0.25, 0.3) is 11.8 Å². The zero-order valence-electron chi connectivity index (χ0n) is 19.0. The highest BCUT2D eigenvalue weighted by atomic mass is 35.5. The summed E-state index contributed by atoms with van der Waals surface area (Å²) in [4.78, 5) is 24.3. The van der Waals surface area contributed by atoms with E-state index in [1.807, 2.05) is 0 Å². The summed E-state index contributed by atoms with van der Waals surface area (Å²) >= 11 is 12.1. The molecule has 1 aliphatic rings. The van der Waals surface area contributed by atoms with Crippen LogP contribution < -0.4 is 29.7 Å². The van der Waals surface area contributed by atoms with Gasteiger partial charge < -0.3 is 24.3 Å². The second-order valence-corrected chi connectivity index (χ2v) is 8.32. The summed E-state index contributed by atoms with van der Waals surface area (Å²) in [6, 6.07) is 15.1. The molecule has 1 heterocycles. The molecule has 36 heavy (non-hydrogen) atoms. The van der Waals surface area contributed by atoms with E-state index in [2.05, 4.69) is 15.8 Å². The number of carbonyl (C=O) groups excluding carboxylic acids is 2. The van der Waals surface area contributed by atoms with Crippen molar-refractivity contribution in [3.8, 4) is 23.0 Å². The number of hydrogen-bond donors (Lipinski definition) is 2. The fourth-order valence-electron chi connectivity index (χ4n) is 3.20. The topological polar surface area (TPSA) is 107 Å². The minimum atomic E-state index is -0.493. The van der Waals surface area contributed by atoms with E-state index < -0.39 is 11.8 Å². The van der Waals surface area contributed by atoms with Gasteiger partial charge in [-0.1, -0.05) is 29.3 Å². The van der Waals surface area contributed by atoms with Crippen molar-refractivity contribution in [2.45, 2.75) is 6.61 Å². The van der Waals surface area contributed by atoms with Crippen molar-refractivity contribution in [3.63, 3.8) is 0 Å².